The van der Waals surface area contributed by atoms with Crippen LogP contribution in [0, 0.1) is 0 Å². The Morgan fingerprint density at radius 2 is 1.41 bits per heavy atom. The predicted molar refractivity (Wildman–Crippen MR) is 218 cm³/mol. The number of thiophene rings is 1. The molecular weight excluding hydrogens is 729 g/mol. The van der Waals surface area contributed by atoms with E-state index >= 15 is 0 Å². The lowest BCUT2D eigenvalue weighted by atomic mass is 9.93. The molecule has 11 nitrogen and oxygen atoms in total. The number of aromatic carboxylic acids is 1. The summed E-state index contributed by atoms with van der Waals surface area (Å²) in [4.78, 5) is 65.4. The standard InChI is InChI=1S/C44H50N4O7S/c49-38(23-24-39(50)51)45-25-26-48(35-9-2-1-3-10-35)28-31-7-6-8-33(27-31)41(52)47-43-40(36-11-4-5-12-37(36)56-43)42(53)46-34-21-17-30(18-22-34)14-13-29-15-19-32(20-16-29)44(54)55/h6-8,15-22,27,35H,1-5,9-14,23-26,28H2,(H,45,49)(H,46,53)(H,47,52)(H,50,51)(H,54,55). The first-order valence-electron chi connectivity index (χ1n) is 19.6. The summed E-state index contributed by atoms with van der Waals surface area (Å²) in [6, 6.07) is 22.5. The van der Waals surface area contributed by atoms with Gasteiger partial charge in [-0.25, -0.2) is 4.79 Å². The molecule has 6 rings (SSSR count). The molecule has 5 N–H and O–H groups in total. The molecule has 2 aliphatic carbocycles. The molecule has 0 unspecified atom stereocenters. The topological polar surface area (TPSA) is 165 Å². The zero-order valence-electron chi connectivity index (χ0n) is 31.6. The minimum absolute atomic E-state index is 0.0450. The van der Waals surface area contributed by atoms with E-state index in [1.165, 1.54) is 17.8 Å². The molecule has 0 saturated heterocycles. The maximum atomic E-state index is 13.9. The Morgan fingerprint density at radius 1 is 0.714 bits per heavy atom. The lowest BCUT2D eigenvalue weighted by Gasteiger charge is -2.34. The van der Waals surface area contributed by atoms with Gasteiger partial charge in [0.25, 0.3) is 11.8 Å². The largest absolute Gasteiger partial charge is 0.481 e. The second-order valence-corrected chi connectivity index (χ2v) is 15.8. The third-order valence-electron chi connectivity index (χ3n) is 10.7. The number of carbonyl (C=O) groups excluding carboxylic acids is 3. The fourth-order valence-electron chi connectivity index (χ4n) is 7.65. The lowest BCUT2D eigenvalue weighted by molar-refractivity contribution is -0.138. The van der Waals surface area contributed by atoms with Crippen molar-refractivity contribution in [2.45, 2.75) is 96.1 Å². The molecule has 56 heavy (non-hydrogen) atoms. The Labute approximate surface area is 331 Å². The first-order valence-corrected chi connectivity index (χ1v) is 20.4. The minimum Gasteiger partial charge on any atom is -0.481 e. The van der Waals surface area contributed by atoms with Gasteiger partial charge in [0.15, 0.2) is 0 Å². The molecule has 0 aliphatic heterocycles. The van der Waals surface area contributed by atoms with Gasteiger partial charge in [-0.05, 0) is 110 Å². The van der Waals surface area contributed by atoms with Crippen LogP contribution in [0.4, 0.5) is 10.7 Å². The first kappa shape index (κ1) is 40.3. The average molecular weight is 779 g/mol. The van der Waals surface area contributed by atoms with Gasteiger partial charge in [0.2, 0.25) is 5.91 Å². The fraction of sp³-hybridized carbons (Fsp3) is 0.386. The molecule has 3 amide bonds. The number of hydrogen-bond donors (Lipinski definition) is 5. The zero-order valence-corrected chi connectivity index (χ0v) is 32.4. The van der Waals surface area contributed by atoms with E-state index in [1.54, 1.807) is 18.2 Å². The summed E-state index contributed by atoms with van der Waals surface area (Å²) in [6.45, 7) is 1.64. The highest BCUT2D eigenvalue weighted by Gasteiger charge is 2.27. The predicted octanol–water partition coefficient (Wildman–Crippen LogP) is 7.73. The van der Waals surface area contributed by atoms with Crippen LogP contribution in [0.5, 0.6) is 0 Å². The van der Waals surface area contributed by atoms with E-state index in [-0.39, 0.29) is 36.1 Å². The number of anilines is 2. The molecule has 2 aliphatic rings. The molecule has 294 valence electrons. The van der Waals surface area contributed by atoms with Crippen LogP contribution in [-0.2, 0) is 41.8 Å². The third-order valence-corrected chi connectivity index (χ3v) is 11.9. The van der Waals surface area contributed by atoms with E-state index in [0.717, 1.165) is 91.3 Å². The SMILES string of the molecule is O=C(O)CCC(=O)NCCN(Cc1cccc(C(=O)Nc2sc3c(c2C(=O)Nc2ccc(CCc4ccc(C(=O)O)cc4)cc2)CCCC3)c1)C1CCCCC1. The highest BCUT2D eigenvalue weighted by molar-refractivity contribution is 7.17. The summed E-state index contributed by atoms with van der Waals surface area (Å²) in [7, 11) is 0. The van der Waals surface area contributed by atoms with Crippen molar-refractivity contribution < 1.29 is 34.2 Å². The summed E-state index contributed by atoms with van der Waals surface area (Å²) in [5, 5.41) is 27.6. The molecule has 1 saturated carbocycles. The van der Waals surface area contributed by atoms with E-state index in [0.29, 0.717) is 47.5 Å². The van der Waals surface area contributed by atoms with Crippen LogP contribution in [0.3, 0.4) is 0 Å². The van der Waals surface area contributed by atoms with Crippen molar-refractivity contribution in [2.75, 3.05) is 23.7 Å². The number of hydrogen-bond acceptors (Lipinski definition) is 7. The second-order valence-electron chi connectivity index (χ2n) is 14.7. The van der Waals surface area contributed by atoms with Crippen molar-refractivity contribution in [1.82, 2.24) is 10.2 Å². The lowest BCUT2D eigenvalue weighted by Crippen LogP contribution is -2.41. The monoisotopic (exact) mass is 778 g/mol. The number of nitrogens with one attached hydrogen (secondary N) is 3. The quantitative estimate of drug-likeness (QED) is 0.0727. The normalized spacial score (nSPS) is 14.2. The van der Waals surface area contributed by atoms with Crippen molar-refractivity contribution in [3.63, 3.8) is 0 Å². The number of benzene rings is 3. The highest BCUT2D eigenvalue weighted by atomic mass is 32.1. The number of carbonyl (C=O) groups is 5. The summed E-state index contributed by atoms with van der Waals surface area (Å²) >= 11 is 1.48. The van der Waals surface area contributed by atoms with Crippen LogP contribution < -0.4 is 16.0 Å². The van der Waals surface area contributed by atoms with Gasteiger partial charge < -0.3 is 26.2 Å². The average Bonchev–Trinajstić information content (AvgIpc) is 3.58. The molecule has 3 aromatic carbocycles. The molecule has 4 aromatic rings. The van der Waals surface area contributed by atoms with Crippen molar-refractivity contribution in [3.05, 3.63) is 117 Å². The molecule has 1 heterocycles. The van der Waals surface area contributed by atoms with E-state index < -0.39 is 11.9 Å². The van der Waals surface area contributed by atoms with Gasteiger partial charge in [0, 0.05) is 48.2 Å². The van der Waals surface area contributed by atoms with Crippen LogP contribution in [-0.4, -0.2) is 63.9 Å². The van der Waals surface area contributed by atoms with Gasteiger partial charge in [0.1, 0.15) is 5.00 Å². The zero-order chi connectivity index (χ0) is 39.4. The van der Waals surface area contributed by atoms with Gasteiger partial charge in [-0.1, -0.05) is 55.7 Å². The number of aliphatic carboxylic acids is 1. The third kappa shape index (κ3) is 11.1. The Morgan fingerprint density at radius 3 is 2.11 bits per heavy atom. The van der Waals surface area contributed by atoms with Crippen molar-refractivity contribution in [1.29, 1.82) is 0 Å². The molecule has 1 fully saturated rings. The van der Waals surface area contributed by atoms with Crippen LogP contribution in [0.2, 0.25) is 0 Å². The van der Waals surface area contributed by atoms with Crippen molar-refractivity contribution in [3.8, 4) is 0 Å². The second kappa shape index (κ2) is 19.5. The van der Waals surface area contributed by atoms with E-state index in [2.05, 4.69) is 20.9 Å². The van der Waals surface area contributed by atoms with Crippen LogP contribution >= 0.6 is 11.3 Å². The Balaban J connectivity index is 1.10. The minimum atomic E-state index is -0.994. The van der Waals surface area contributed by atoms with Crippen LogP contribution in [0.25, 0.3) is 0 Å². The molecule has 1 aromatic heterocycles. The number of amides is 3. The van der Waals surface area contributed by atoms with Gasteiger partial charge in [-0.15, -0.1) is 11.3 Å². The maximum absolute atomic E-state index is 13.9. The molecule has 0 spiro atoms. The molecule has 0 radical (unpaired) electrons. The highest BCUT2D eigenvalue weighted by Crippen LogP contribution is 2.39. The number of fused-ring (bicyclic) bond motifs is 1. The summed E-state index contributed by atoms with van der Waals surface area (Å²) in [5.41, 5.74) is 6.07. The molecular formula is C44H50N4O7S. The van der Waals surface area contributed by atoms with E-state index in [9.17, 15) is 24.0 Å². The Kier molecular flexibility index (Phi) is 14.0. The number of rotatable bonds is 17. The van der Waals surface area contributed by atoms with Crippen molar-refractivity contribution >= 4 is 51.7 Å². The Bertz CT molecular complexity index is 2020. The molecule has 0 atom stereocenters. The van der Waals surface area contributed by atoms with Gasteiger partial charge in [0.05, 0.1) is 17.5 Å². The Hall–Kier alpha value is -5.33. The summed E-state index contributed by atoms with van der Waals surface area (Å²) < 4.78 is 0. The van der Waals surface area contributed by atoms with E-state index in [1.807, 2.05) is 54.6 Å². The van der Waals surface area contributed by atoms with E-state index in [4.69, 9.17) is 10.2 Å². The number of nitrogens with zero attached hydrogens (tertiary/aromatic N) is 1. The molecule has 12 heteroatoms. The number of carboxylic acid groups (broad SMARTS) is 2. The number of aryl methyl sites for hydroxylation is 3. The number of carboxylic acids is 2. The van der Waals surface area contributed by atoms with Crippen molar-refractivity contribution in [2.24, 2.45) is 0 Å². The maximum Gasteiger partial charge on any atom is 0.335 e. The van der Waals surface area contributed by atoms with Gasteiger partial charge >= 0.3 is 11.9 Å². The molecule has 0 bridgehead atoms. The smallest absolute Gasteiger partial charge is 0.335 e. The summed E-state index contributed by atoms with van der Waals surface area (Å²) in [6.07, 6.45) is 10.6. The van der Waals surface area contributed by atoms with Crippen LogP contribution in [0.1, 0.15) is 116 Å². The van der Waals surface area contributed by atoms with Crippen LogP contribution in [0.15, 0.2) is 72.8 Å². The fourth-order valence-corrected chi connectivity index (χ4v) is 8.93. The first-order chi connectivity index (χ1) is 27.1. The summed E-state index contributed by atoms with van der Waals surface area (Å²) in [5.74, 6) is -2.74. The van der Waals surface area contributed by atoms with Gasteiger partial charge in [-0.2, -0.15) is 0 Å². The van der Waals surface area contributed by atoms with Gasteiger partial charge in [-0.3, -0.25) is 24.1 Å².